The van der Waals surface area contributed by atoms with Gasteiger partial charge in [-0.05, 0) is 49.4 Å². The van der Waals surface area contributed by atoms with Crippen LogP contribution in [0.2, 0.25) is 0 Å². The van der Waals surface area contributed by atoms with Gasteiger partial charge in [0.2, 0.25) is 5.91 Å². The van der Waals surface area contributed by atoms with E-state index in [4.69, 9.17) is 4.42 Å². The fraction of sp³-hybridized carbons (Fsp3) is 0.273. The van der Waals surface area contributed by atoms with E-state index in [1.165, 1.54) is 34.8 Å². The maximum absolute atomic E-state index is 13.1. The van der Waals surface area contributed by atoms with Crippen LogP contribution in [0.1, 0.15) is 35.3 Å². The zero-order valence-electron chi connectivity index (χ0n) is 15.0. The van der Waals surface area contributed by atoms with Crippen molar-refractivity contribution >= 4 is 39.7 Å². The van der Waals surface area contributed by atoms with Crippen molar-refractivity contribution in [2.45, 2.75) is 37.3 Å². The minimum atomic E-state index is 0.165. The Balaban J connectivity index is 1.37. The van der Waals surface area contributed by atoms with E-state index in [-0.39, 0.29) is 5.91 Å². The first-order chi connectivity index (χ1) is 13.3. The fourth-order valence-electron chi connectivity index (χ4n) is 4.03. The number of aromatic nitrogens is 2. The smallest absolute Gasteiger partial charge is 0.256 e. The van der Waals surface area contributed by atoms with Crippen molar-refractivity contribution in [1.82, 2.24) is 9.55 Å². The predicted molar refractivity (Wildman–Crippen MR) is 109 cm³/mol. The zero-order valence-corrected chi connectivity index (χ0v) is 15.8. The number of carbonyl (C=O) groups is 1. The summed E-state index contributed by atoms with van der Waals surface area (Å²) in [5.41, 5.74) is 5.30. The van der Waals surface area contributed by atoms with Gasteiger partial charge in [-0.1, -0.05) is 42.1 Å². The van der Waals surface area contributed by atoms with Gasteiger partial charge in [0.05, 0.1) is 5.52 Å². The Labute approximate surface area is 161 Å². The first-order valence-corrected chi connectivity index (χ1v) is 10.4. The highest BCUT2D eigenvalue weighted by Gasteiger charge is 2.23. The quantitative estimate of drug-likeness (QED) is 0.442. The van der Waals surface area contributed by atoms with Crippen LogP contribution in [0.25, 0.3) is 22.0 Å². The summed E-state index contributed by atoms with van der Waals surface area (Å²) in [6, 6.07) is 16.0. The van der Waals surface area contributed by atoms with Gasteiger partial charge in [-0.2, -0.15) is 0 Å². The predicted octanol–water partition coefficient (Wildman–Crippen LogP) is 5.48. The summed E-state index contributed by atoms with van der Waals surface area (Å²) in [5, 5.41) is 1.87. The van der Waals surface area contributed by atoms with E-state index >= 15 is 0 Å². The SMILES string of the molecule is O=C(CCSc1nc2ccccc2o1)n1c2c(c3ccccc31)CCCC2. The number of nitrogens with zero attached hydrogens (tertiary/aromatic N) is 2. The van der Waals surface area contributed by atoms with Gasteiger partial charge in [0.25, 0.3) is 5.22 Å². The number of rotatable bonds is 4. The molecule has 2 aromatic heterocycles. The van der Waals surface area contributed by atoms with Gasteiger partial charge >= 0.3 is 0 Å². The summed E-state index contributed by atoms with van der Waals surface area (Å²) in [6.07, 6.45) is 4.91. The van der Waals surface area contributed by atoms with E-state index in [2.05, 4.69) is 23.2 Å². The standard InChI is InChI=1S/C22H20N2O2S/c25-21(13-14-27-22-23-17-9-3-6-12-20(17)26-22)24-18-10-4-1-7-15(18)16-8-2-5-11-19(16)24/h1,3-4,6-7,9-10,12H,2,5,8,11,13-14H2. The summed E-state index contributed by atoms with van der Waals surface area (Å²) >= 11 is 1.50. The average molecular weight is 376 g/mol. The van der Waals surface area contributed by atoms with Crippen molar-refractivity contribution < 1.29 is 9.21 Å². The summed E-state index contributed by atoms with van der Waals surface area (Å²) < 4.78 is 7.70. The number of thioether (sulfide) groups is 1. The Morgan fingerprint density at radius 1 is 1.07 bits per heavy atom. The normalized spacial score (nSPS) is 13.9. The summed E-state index contributed by atoms with van der Waals surface area (Å²) in [7, 11) is 0. The van der Waals surface area contributed by atoms with Crippen LogP contribution in [0, 0.1) is 0 Å². The Kier molecular flexibility index (Phi) is 4.24. The Bertz CT molecular complexity index is 1110. The topological polar surface area (TPSA) is 48.0 Å². The lowest BCUT2D eigenvalue weighted by atomic mass is 9.95. The zero-order chi connectivity index (χ0) is 18.2. The highest BCUT2D eigenvalue weighted by molar-refractivity contribution is 7.99. The van der Waals surface area contributed by atoms with Crippen molar-refractivity contribution in [3.8, 4) is 0 Å². The van der Waals surface area contributed by atoms with Gasteiger partial charge in [0, 0.05) is 23.3 Å². The van der Waals surface area contributed by atoms with Crippen molar-refractivity contribution in [1.29, 1.82) is 0 Å². The van der Waals surface area contributed by atoms with Crippen LogP contribution in [-0.2, 0) is 12.8 Å². The van der Waals surface area contributed by atoms with E-state index in [0.717, 1.165) is 35.9 Å². The van der Waals surface area contributed by atoms with Gasteiger partial charge in [0.15, 0.2) is 5.58 Å². The van der Waals surface area contributed by atoms with E-state index in [9.17, 15) is 4.79 Å². The number of aryl methyl sites for hydroxylation is 1. The molecule has 5 rings (SSSR count). The third kappa shape index (κ3) is 2.96. The number of oxazole rings is 1. The average Bonchev–Trinajstić information content (AvgIpc) is 3.26. The number of fused-ring (bicyclic) bond motifs is 4. The summed E-state index contributed by atoms with van der Waals surface area (Å²) in [5.74, 6) is 0.824. The molecule has 0 atom stereocenters. The molecule has 0 unspecified atom stereocenters. The van der Waals surface area contributed by atoms with Crippen LogP contribution in [-0.4, -0.2) is 21.2 Å². The molecule has 0 aliphatic heterocycles. The first-order valence-electron chi connectivity index (χ1n) is 9.44. The van der Waals surface area contributed by atoms with Crippen LogP contribution in [0.3, 0.4) is 0 Å². The Morgan fingerprint density at radius 3 is 2.81 bits per heavy atom. The molecule has 2 heterocycles. The van der Waals surface area contributed by atoms with E-state index in [1.807, 2.05) is 34.9 Å². The molecule has 0 saturated heterocycles. The molecular weight excluding hydrogens is 356 g/mol. The van der Waals surface area contributed by atoms with E-state index in [1.54, 1.807) is 0 Å². The molecule has 0 saturated carbocycles. The molecule has 1 aliphatic carbocycles. The van der Waals surface area contributed by atoms with Gasteiger partial charge in [-0.3, -0.25) is 9.36 Å². The maximum Gasteiger partial charge on any atom is 0.256 e. The molecule has 5 heteroatoms. The minimum Gasteiger partial charge on any atom is -0.431 e. The number of benzene rings is 2. The molecule has 27 heavy (non-hydrogen) atoms. The monoisotopic (exact) mass is 376 g/mol. The second-order valence-electron chi connectivity index (χ2n) is 6.92. The van der Waals surface area contributed by atoms with Crippen LogP contribution in [0.4, 0.5) is 0 Å². The molecule has 2 aromatic carbocycles. The third-order valence-electron chi connectivity index (χ3n) is 5.24. The highest BCUT2D eigenvalue weighted by Crippen LogP contribution is 2.32. The third-order valence-corrected chi connectivity index (χ3v) is 6.07. The largest absolute Gasteiger partial charge is 0.431 e. The second-order valence-corrected chi connectivity index (χ2v) is 7.97. The lowest BCUT2D eigenvalue weighted by Gasteiger charge is -2.14. The van der Waals surface area contributed by atoms with Gasteiger partial charge in [-0.25, -0.2) is 4.98 Å². The number of hydrogen-bond acceptors (Lipinski definition) is 4. The number of carbonyl (C=O) groups excluding carboxylic acids is 1. The maximum atomic E-state index is 13.1. The molecule has 1 aliphatic rings. The Morgan fingerprint density at radius 2 is 1.89 bits per heavy atom. The fourth-order valence-corrected chi connectivity index (χ4v) is 4.79. The molecule has 0 fully saturated rings. The summed E-state index contributed by atoms with van der Waals surface area (Å²) in [6.45, 7) is 0. The van der Waals surface area contributed by atoms with Crippen molar-refractivity contribution in [3.63, 3.8) is 0 Å². The van der Waals surface area contributed by atoms with Crippen molar-refractivity contribution in [2.75, 3.05) is 5.75 Å². The number of para-hydroxylation sites is 3. The minimum absolute atomic E-state index is 0.165. The molecule has 136 valence electrons. The molecule has 0 spiro atoms. The highest BCUT2D eigenvalue weighted by atomic mass is 32.2. The van der Waals surface area contributed by atoms with Crippen molar-refractivity contribution in [2.24, 2.45) is 0 Å². The van der Waals surface area contributed by atoms with Crippen molar-refractivity contribution in [3.05, 3.63) is 59.8 Å². The van der Waals surface area contributed by atoms with E-state index in [0.29, 0.717) is 17.4 Å². The molecule has 0 N–H and O–H groups in total. The van der Waals surface area contributed by atoms with Crippen LogP contribution >= 0.6 is 11.8 Å². The molecule has 0 bridgehead atoms. The van der Waals surface area contributed by atoms with Gasteiger partial charge in [0.1, 0.15) is 5.52 Å². The Hall–Kier alpha value is -2.53. The second kappa shape index (κ2) is 6.89. The van der Waals surface area contributed by atoms with Gasteiger partial charge in [-0.15, -0.1) is 0 Å². The molecule has 0 radical (unpaired) electrons. The van der Waals surface area contributed by atoms with E-state index < -0.39 is 0 Å². The van der Waals surface area contributed by atoms with Crippen LogP contribution in [0.5, 0.6) is 0 Å². The lowest BCUT2D eigenvalue weighted by Crippen LogP contribution is -2.16. The molecule has 0 amide bonds. The van der Waals surface area contributed by atoms with Gasteiger partial charge < -0.3 is 4.42 Å². The lowest BCUT2D eigenvalue weighted by molar-refractivity contribution is 0.0912. The number of hydrogen-bond donors (Lipinski definition) is 0. The summed E-state index contributed by atoms with van der Waals surface area (Å²) in [4.78, 5) is 17.5. The van der Waals surface area contributed by atoms with Crippen LogP contribution < -0.4 is 0 Å². The molecule has 4 aromatic rings. The molecule has 4 nitrogen and oxygen atoms in total. The van der Waals surface area contributed by atoms with Crippen LogP contribution in [0.15, 0.2) is 58.2 Å². The first kappa shape index (κ1) is 16.6. The molecular formula is C22H20N2O2S.